The zero-order chi connectivity index (χ0) is 2.71. The quantitative estimate of drug-likeness (QED) is 0.590. The third kappa shape index (κ3) is 0. The summed E-state index contributed by atoms with van der Waals surface area (Å²) in [5.41, 5.74) is 0. The van der Waals surface area contributed by atoms with Crippen molar-refractivity contribution in [3.05, 3.63) is 6.92 Å². The first-order valence-electron chi connectivity index (χ1n) is 1.21. The molecule has 0 N–H and O–H groups in total. The van der Waals surface area contributed by atoms with Crippen LogP contribution in [0.5, 0.6) is 0 Å². The Kier molecular flexibility index (Phi) is 0. The zero-order valence-electron chi connectivity index (χ0n) is 3.12. The second-order valence-corrected chi connectivity index (χ2v) is 0.500. The Bertz CT molecular complexity index is 3.25. The molecule has 0 amide bonds. The first-order valence-corrected chi connectivity index (χ1v) is 1.21. The molecular formula is C3H7Sg-. The molecule has 0 rings (SSSR count). The first kappa shape index (κ1) is 12.0. The fourth-order valence-electron chi connectivity index (χ4n) is 0. The summed E-state index contributed by atoms with van der Waals surface area (Å²) in [6.45, 7) is 5.50. The number of hydrogen-bond donors (Lipinski definition) is 0. The van der Waals surface area contributed by atoms with Crippen molar-refractivity contribution in [3.8, 4) is 0 Å². The van der Waals surface area contributed by atoms with Gasteiger partial charge in [-0.2, -0.15) is 6.42 Å². The largest absolute Gasteiger partial charge is 0.344 e. The summed E-state index contributed by atoms with van der Waals surface area (Å²) < 4.78 is 0. The van der Waals surface area contributed by atoms with E-state index in [1.807, 2.05) is 6.92 Å². The van der Waals surface area contributed by atoms with Crippen LogP contribution in [0.15, 0.2) is 0 Å². The van der Waals surface area contributed by atoms with Gasteiger partial charge in [0.25, 0.3) is 0 Å². The van der Waals surface area contributed by atoms with Crippen LogP contribution in [0.4, 0.5) is 0 Å². The van der Waals surface area contributed by atoms with Gasteiger partial charge >= 0.3 is 0 Å². The van der Waals surface area contributed by atoms with Gasteiger partial charge < -0.3 is 6.92 Å². The standard InChI is InChI=1S/C3H7.Sg/c1-3-2;/h1,3H2,2H3;/q-1;. The molecule has 0 unspecified atom stereocenters. The Morgan fingerprint density at radius 3 is 1.75 bits per heavy atom. The molecule has 0 heterocycles. The van der Waals surface area contributed by atoms with Crippen molar-refractivity contribution in [1.29, 1.82) is 0 Å². The molecule has 4 heavy (non-hydrogen) atoms. The molecule has 0 bridgehead atoms. The predicted molar refractivity (Wildman–Crippen MR) is 15.6 cm³/mol. The molecule has 0 aromatic carbocycles. The normalized spacial score (nSPS) is 4.50. The van der Waals surface area contributed by atoms with E-state index >= 15 is 0 Å². The van der Waals surface area contributed by atoms with Gasteiger partial charge in [0.2, 0.25) is 0 Å². The average Bonchev–Trinajstić information content (AvgIpc) is 0.918. The third-order valence-electron chi connectivity index (χ3n) is 0. The molecule has 0 fully saturated rings. The number of hydrogen-bond acceptors (Lipinski definition) is 0. The Labute approximate surface area is 21.5 Å². The van der Waals surface area contributed by atoms with Crippen molar-refractivity contribution in [3.63, 3.8) is 0 Å². The predicted octanol–water partition coefficient (Wildman–Crippen LogP) is 1.23. The van der Waals surface area contributed by atoms with E-state index in [0.717, 1.165) is 6.42 Å². The van der Waals surface area contributed by atoms with Crippen LogP contribution in [0.25, 0.3) is 0 Å². The van der Waals surface area contributed by atoms with Crippen molar-refractivity contribution in [1.82, 2.24) is 0 Å². The van der Waals surface area contributed by atoms with Crippen molar-refractivity contribution in [2.45, 2.75) is 13.3 Å². The molecule has 0 spiro atoms. The summed E-state index contributed by atoms with van der Waals surface area (Å²) in [5, 5.41) is 0. The molecular weight excluding hydrogens is 305 g/mol. The van der Waals surface area contributed by atoms with Crippen LogP contribution in [0, 0.1) is 6.92 Å². The molecule has 0 aliphatic carbocycles. The van der Waals surface area contributed by atoms with Crippen molar-refractivity contribution >= 4 is 0 Å². The summed E-state index contributed by atoms with van der Waals surface area (Å²) >= 11 is 0. The Morgan fingerprint density at radius 1 is 1.75 bits per heavy atom. The van der Waals surface area contributed by atoms with Crippen LogP contribution >= 0.6 is 0 Å². The minimum absolute atomic E-state index is 0. The van der Waals surface area contributed by atoms with E-state index < -0.39 is 0 Å². The van der Waals surface area contributed by atoms with Crippen molar-refractivity contribution in [2.24, 2.45) is 0 Å². The van der Waals surface area contributed by atoms with Crippen LogP contribution in [0.1, 0.15) is 13.3 Å². The fourth-order valence-corrected chi connectivity index (χ4v) is 0. The average molecular weight is 312 g/mol. The van der Waals surface area contributed by atoms with Gasteiger partial charge in [-0.05, 0) is 0 Å². The molecule has 0 aliphatic rings. The van der Waals surface area contributed by atoms with Gasteiger partial charge in [-0.15, -0.1) is 0 Å². The van der Waals surface area contributed by atoms with Crippen molar-refractivity contribution in [2.75, 3.05) is 0 Å². The second kappa shape index (κ2) is 0. The molecule has 0 nitrogen and oxygen atoms in total. The van der Waals surface area contributed by atoms with E-state index in [9.17, 15) is 0 Å². The second-order valence-electron chi connectivity index (χ2n) is 0.500. The summed E-state index contributed by atoms with van der Waals surface area (Å²) in [6, 6.07) is 0. The number of rotatable bonds is 0. The molecule has 0 radical (unpaired) electrons. The van der Waals surface area contributed by atoms with E-state index in [4.69, 9.17) is 0 Å². The maximum absolute atomic E-state index is 3.49. The monoisotopic (exact) mass is 314 g/mol. The van der Waals surface area contributed by atoms with Gasteiger partial charge in [-0.1, -0.05) is 6.92 Å². The maximum Gasteiger partial charge on any atom is 0 e. The molecule has 22 valence electrons. The fraction of sp³-hybridized carbons (Fsp3) is 0.667. The minimum atomic E-state index is 0. The van der Waals surface area contributed by atoms with Gasteiger partial charge in [0, 0.05) is 0 Å². The topological polar surface area (TPSA) is 0 Å². The molecule has 0 aromatic rings. The summed E-state index contributed by atoms with van der Waals surface area (Å²) in [7, 11) is 0. The van der Waals surface area contributed by atoms with Crippen LogP contribution in [-0.4, -0.2) is 0 Å². The van der Waals surface area contributed by atoms with Crippen LogP contribution < -0.4 is 0 Å². The summed E-state index contributed by atoms with van der Waals surface area (Å²) in [6.07, 6.45) is 1.00. The van der Waals surface area contributed by atoms with Gasteiger partial charge in [0.1, 0.15) is 0 Å². The van der Waals surface area contributed by atoms with E-state index in [2.05, 4.69) is 6.92 Å². The van der Waals surface area contributed by atoms with E-state index in [-0.39, 0.29) is 0 Å². The molecule has 0 aromatic heterocycles. The van der Waals surface area contributed by atoms with Crippen LogP contribution in [0.3, 0.4) is 0 Å². The first-order chi connectivity index (χ1) is 1.41. The zero-order valence-corrected chi connectivity index (χ0v) is 9.59. The SMILES string of the molecule is [CH2-]CC.[Sg]. The third-order valence-corrected chi connectivity index (χ3v) is 0. The van der Waals surface area contributed by atoms with Crippen molar-refractivity contribution < 1.29 is 0 Å². The molecule has 0 saturated carbocycles. The summed E-state index contributed by atoms with van der Waals surface area (Å²) in [4.78, 5) is 0. The van der Waals surface area contributed by atoms with Gasteiger partial charge in [-0.25, -0.2) is 0 Å². The van der Waals surface area contributed by atoms with E-state index in [0.29, 0.717) is 0 Å². The maximum atomic E-state index is 3.49. The van der Waals surface area contributed by atoms with E-state index in [1.54, 1.807) is 0 Å². The molecule has 0 atom stereocenters. The smallest absolute Gasteiger partial charge is 0 e. The summed E-state index contributed by atoms with van der Waals surface area (Å²) in [5.74, 6) is 0. The Hall–Kier alpha value is -1.00. The van der Waals surface area contributed by atoms with E-state index in [1.165, 1.54) is 0 Å². The Morgan fingerprint density at radius 2 is 1.75 bits per heavy atom. The molecule has 0 aliphatic heterocycles. The van der Waals surface area contributed by atoms with Crippen LogP contribution in [0.2, 0.25) is 0 Å². The minimum Gasteiger partial charge on any atom is -0.344 e. The van der Waals surface area contributed by atoms with Gasteiger partial charge in [0.15, 0.2) is 0 Å². The molecule has 0 saturated heterocycles. The van der Waals surface area contributed by atoms with Gasteiger partial charge in [0.05, 0.1) is 0 Å². The Balaban J connectivity index is 0. The molecule has 1 heteroatoms. The van der Waals surface area contributed by atoms with Crippen LogP contribution in [-0.2, 0) is 0 Å². The van der Waals surface area contributed by atoms with Gasteiger partial charge in [-0.3, -0.25) is 0 Å².